The second kappa shape index (κ2) is 7.54. The van der Waals surface area contributed by atoms with Gasteiger partial charge in [-0.15, -0.1) is 0 Å². The molecule has 0 aliphatic heterocycles. The minimum atomic E-state index is -4.58. The van der Waals surface area contributed by atoms with Gasteiger partial charge in [0.05, 0.1) is 0 Å². The smallest absolute Gasteiger partial charge is 0.343 e. The van der Waals surface area contributed by atoms with Crippen LogP contribution in [0.4, 0.5) is 38.2 Å². The van der Waals surface area contributed by atoms with Crippen molar-refractivity contribution < 1.29 is 26.3 Å². The summed E-state index contributed by atoms with van der Waals surface area (Å²) in [6, 6.07) is -3.99. The maximum absolute atomic E-state index is 12.8. The van der Waals surface area contributed by atoms with Gasteiger partial charge in [0.1, 0.15) is 12.1 Å². The molecule has 2 aliphatic carbocycles. The monoisotopic (exact) mass is 421 g/mol. The van der Waals surface area contributed by atoms with Crippen LogP contribution in [0.1, 0.15) is 51.8 Å². The third-order valence-electron chi connectivity index (χ3n) is 5.41. The molecule has 2 fully saturated rings. The number of nitrogens with zero attached hydrogens (tertiary/aromatic N) is 3. The van der Waals surface area contributed by atoms with Crippen LogP contribution < -0.4 is 10.6 Å². The zero-order chi connectivity index (χ0) is 21.4. The second-order valence-corrected chi connectivity index (χ2v) is 7.66. The Morgan fingerprint density at radius 1 is 0.897 bits per heavy atom. The Bertz CT molecular complexity index is 761. The van der Waals surface area contributed by atoms with Crippen molar-refractivity contribution >= 4 is 11.9 Å². The predicted octanol–water partition coefficient (Wildman–Crippen LogP) is 4.53. The number of hydrogen-bond donors (Lipinski definition) is 2. The molecule has 1 aromatic rings. The molecule has 2 aliphatic rings. The minimum Gasteiger partial charge on any atom is -0.343 e. The highest BCUT2D eigenvalue weighted by Crippen LogP contribution is 2.58. The quantitative estimate of drug-likeness (QED) is 0.540. The highest BCUT2D eigenvalue weighted by atomic mass is 19.4. The van der Waals surface area contributed by atoms with E-state index in [0.29, 0.717) is 5.92 Å². The SMILES string of the molecule is C[C@@H](Nc1nc(C#CC2(C3CCC3)CC2)nc(N[C@H](C)C(F)(F)F)n1)C(F)(F)F. The maximum atomic E-state index is 12.8. The van der Waals surface area contributed by atoms with Crippen LogP contribution in [0, 0.1) is 23.2 Å². The fraction of sp³-hybridized carbons (Fsp3) is 0.722. The number of hydrogen-bond acceptors (Lipinski definition) is 5. The van der Waals surface area contributed by atoms with E-state index in [-0.39, 0.29) is 11.2 Å². The maximum Gasteiger partial charge on any atom is 0.408 e. The van der Waals surface area contributed by atoms with Crippen LogP contribution in [-0.2, 0) is 0 Å². The van der Waals surface area contributed by atoms with E-state index in [4.69, 9.17) is 0 Å². The molecule has 0 amide bonds. The highest BCUT2D eigenvalue weighted by molar-refractivity contribution is 5.41. The third-order valence-corrected chi connectivity index (χ3v) is 5.41. The molecular formula is C18H21F6N5. The summed E-state index contributed by atoms with van der Waals surface area (Å²) in [4.78, 5) is 11.4. The van der Waals surface area contributed by atoms with Gasteiger partial charge in [-0.25, -0.2) is 0 Å². The Hall–Kier alpha value is -2.25. The zero-order valence-electron chi connectivity index (χ0n) is 15.9. The molecule has 160 valence electrons. The first-order chi connectivity index (χ1) is 13.4. The fourth-order valence-electron chi connectivity index (χ4n) is 3.02. The first-order valence-corrected chi connectivity index (χ1v) is 9.35. The van der Waals surface area contributed by atoms with E-state index >= 15 is 0 Å². The van der Waals surface area contributed by atoms with Crippen molar-refractivity contribution in [1.29, 1.82) is 0 Å². The lowest BCUT2D eigenvalue weighted by Gasteiger charge is -2.30. The molecule has 0 radical (unpaired) electrons. The van der Waals surface area contributed by atoms with Gasteiger partial charge in [0.25, 0.3) is 0 Å². The third kappa shape index (κ3) is 5.22. The van der Waals surface area contributed by atoms with E-state index < -0.39 is 36.3 Å². The standard InChI is InChI=1S/C18H21F6N5/c1-10(17(19,20)21)25-14-27-13(6-7-16(8-9-16)12-4-3-5-12)28-15(29-14)26-11(2)18(22,23)24/h10-12H,3-5,8-9H2,1-2H3,(H2,25,26,27,28,29)/t10-,11-/m1/s1. The van der Waals surface area contributed by atoms with E-state index in [1.54, 1.807) is 0 Å². The van der Waals surface area contributed by atoms with Gasteiger partial charge in [-0.1, -0.05) is 12.3 Å². The molecule has 2 atom stereocenters. The summed E-state index contributed by atoms with van der Waals surface area (Å²) < 4.78 is 76.9. The van der Waals surface area contributed by atoms with Gasteiger partial charge in [0.15, 0.2) is 0 Å². The van der Waals surface area contributed by atoms with Crippen molar-refractivity contribution in [3.63, 3.8) is 0 Å². The van der Waals surface area contributed by atoms with Crippen LogP contribution in [0.15, 0.2) is 0 Å². The molecule has 29 heavy (non-hydrogen) atoms. The predicted molar refractivity (Wildman–Crippen MR) is 94.0 cm³/mol. The van der Waals surface area contributed by atoms with Gasteiger partial charge >= 0.3 is 12.4 Å². The van der Waals surface area contributed by atoms with Gasteiger partial charge in [-0.2, -0.15) is 41.3 Å². The summed E-state index contributed by atoms with van der Waals surface area (Å²) in [6.07, 6.45) is -3.98. The molecule has 0 bridgehead atoms. The molecule has 11 heteroatoms. The topological polar surface area (TPSA) is 62.7 Å². The van der Waals surface area contributed by atoms with Crippen LogP contribution >= 0.6 is 0 Å². The lowest BCUT2D eigenvalue weighted by atomic mass is 9.74. The van der Waals surface area contributed by atoms with Crippen molar-refractivity contribution in [3.05, 3.63) is 5.82 Å². The summed E-state index contributed by atoms with van der Waals surface area (Å²) in [7, 11) is 0. The normalized spacial score (nSPS) is 20.7. The number of aromatic nitrogens is 3. The molecule has 3 rings (SSSR count). The summed E-state index contributed by atoms with van der Waals surface area (Å²) in [5, 5.41) is 4.11. The summed E-state index contributed by atoms with van der Waals surface area (Å²) in [5.74, 6) is 5.20. The largest absolute Gasteiger partial charge is 0.408 e. The Morgan fingerprint density at radius 2 is 1.38 bits per heavy atom. The van der Waals surface area contributed by atoms with Gasteiger partial charge in [-0.3, -0.25) is 0 Å². The highest BCUT2D eigenvalue weighted by Gasteiger charge is 2.50. The Balaban J connectivity index is 1.86. The number of rotatable bonds is 5. The molecular weight excluding hydrogens is 400 g/mol. The summed E-state index contributed by atoms with van der Waals surface area (Å²) in [5.41, 5.74) is -0.120. The van der Waals surface area contributed by atoms with Gasteiger partial charge in [0, 0.05) is 5.41 Å². The van der Waals surface area contributed by atoms with Crippen LogP contribution in [0.25, 0.3) is 0 Å². The molecule has 1 heterocycles. The van der Waals surface area contributed by atoms with Gasteiger partial charge in [-0.05, 0) is 51.4 Å². The van der Waals surface area contributed by atoms with Crippen molar-refractivity contribution in [2.45, 2.75) is 70.4 Å². The summed E-state index contributed by atoms with van der Waals surface area (Å²) in [6.45, 7) is 1.72. The second-order valence-electron chi connectivity index (χ2n) is 7.66. The average Bonchev–Trinajstić information content (AvgIpc) is 3.30. The van der Waals surface area contributed by atoms with E-state index in [1.165, 1.54) is 0 Å². The first-order valence-electron chi connectivity index (χ1n) is 9.35. The number of alkyl halides is 6. The van der Waals surface area contributed by atoms with Crippen molar-refractivity contribution in [2.75, 3.05) is 10.6 Å². The van der Waals surface area contributed by atoms with Crippen LogP contribution in [0.3, 0.4) is 0 Å². The molecule has 0 aromatic carbocycles. The molecule has 0 spiro atoms. The van der Waals surface area contributed by atoms with E-state index in [9.17, 15) is 26.3 Å². The molecule has 0 unspecified atom stereocenters. The lowest BCUT2D eigenvalue weighted by Crippen LogP contribution is -2.35. The van der Waals surface area contributed by atoms with Crippen LogP contribution in [0.5, 0.6) is 0 Å². The van der Waals surface area contributed by atoms with Crippen LogP contribution in [-0.4, -0.2) is 39.4 Å². The van der Waals surface area contributed by atoms with Crippen LogP contribution in [0.2, 0.25) is 0 Å². The average molecular weight is 421 g/mol. The van der Waals surface area contributed by atoms with E-state index in [2.05, 4.69) is 37.4 Å². The first kappa shape index (κ1) is 21.5. The van der Waals surface area contributed by atoms with Crippen molar-refractivity contribution in [2.24, 2.45) is 11.3 Å². The molecule has 1 aromatic heterocycles. The Labute approximate surface area is 164 Å². The summed E-state index contributed by atoms with van der Waals surface area (Å²) >= 11 is 0. The molecule has 2 saturated carbocycles. The molecule has 2 N–H and O–H groups in total. The Kier molecular flexibility index (Phi) is 5.58. The van der Waals surface area contributed by atoms with E-state index in [1.807, 2.05) is 0 Å². The number of anilines is 2. The minimum absolute atomic E-state index is 0.120. The molecule has 0 saturated heterocycles. The molecule has 5 nitrogen and oxygen atoms in total. The fourth-order valence-corrected chi connectivity index (χ4v) is 3.02. The van der Waals surface area contributed by atoms with Crippen molar-refractivity contribution in [1.82, 2.24) is 15.0 Å². The van der Waals surface area contributed by atoms with E-state index in [0.717, 1.165) is 46.0 Å². The number of halogens is 6. The van der Waals surface area contributed by atoms with Gasteiger partial charge < -0.3 is 10.6 Å². The van der Waals surface area contributed by atoms with Crippen molar-refractivity contribution in [3.8, 4) is 11.8 Å². The van der Waals surface area contributed by atoms with Gasteiger partial charge in [0.2, 0.25) is 17.7 Å². The number of nitrogens with one attached hydrogen (secondary N) is 2. The Morgan fingerprint density at radius 3 is 1.72 bits per heavy atom. The lowest BCUT2D eigenvalue weighted by molar-refractivity contribution is -0.139. The zero-order valence-corrected chi connectivity index (χ0v) is 15.9.